The summed E-state index contributed by atoms with van der Waals surface area (Å²) in [5.74, 6) is 0.739. The van der Waals surface area contributed by atoms with Gasteiger partial charge in [-0.2, -0.15) is 0 Å². The lowest BCUT2D eigenvalue weighted by Crippen LogP contribution is -2.48. The lowest BCUT2D eigenvalue weighted by atomic mass is 9.78. The molecule has 1 saturated carbocycles. The van der Waals surface area contributed by atoms with E-state index in [1.54, 1.807) is 6.07 Å². The number of hydrogen-bond donors (Lipinski definition) is 1. The number of pyridine rings is 1. The van der Waals surface area contributed by atoms with Gasteiger partial charge in [0.25, 0.3) is 5.91 Å². The van der Waals surface area contributed by atoms with Crippen LogP contribution in [0.4, 0.5) is 0 Å². The first-order valence-corrected chi connectivity index (χ1v) is 6.75. The van der Waals surface area contributed by atoms with Crippen molar-refractivity contribution in [2.45, 2.75) is 52.0 Å². The molecular weight excluding hydrogens is 224 g/mol. The fourth-order valence-corrected chi connectivity index (χ4v) is 2.53. The number of carbonyl (C=O) groups excluding carboxylic acids is 1. The van der Waals surface area contributed by atoms with Crippen LogP contribution in [0.25, 0.3) is 0 Å². The molecule has 18 heavy (non-hydrogen) atoms. The number of amides is 1. The predicted octanol–water partition coefficient (Wildman–Crippen LogP) is 3.09. The average molecular weight is 246 g/mol. The van der Waals surface area contributed by atoms with Crippen LogP contribution in [0.2, 0.25) is 0 Å². The van der Waals surface area contributed by atoms with Crippen LogP contribution in [0.5, 0.6) is 0 Å². The molecule has 1 amide bonds. The Kier molecular flexibility index (Phi) is 3.69. The standard InChI is InChI=1S/C15H22N2O/c1-11-7-9-15(3,10-8-11)17-14(18)13-6-4-5-12(2)16-13/h4-6,11H,7-10H2,1-3H3,(H,17,18). The van der Waals surface area contributed by atoms with Gasteiger partial charge < -0.3 is 5.32 Å². The van der Waals surface area contributed by atoms with Crippen LogP contribution >= 0.6 is 0 Å². The second-order valence-electron chi connectivity index (χ2n) is 5.86. The minimum absolute atomic E-state index is 0.0456. The summed E-state index contributed by atoms with van der Waals surface area (Å²) in [6, 6.07) is 5.56. The van der Waals surface area contributed by atoms with E-state index in [0.29, 0.717) is 5.69 Å². The Labute approximate surface area is 109 Å². The molecule has 2 rings (SSSR count). The van der Waals surface area contributed by atoms with Crippen LogP contribution in [0, 0.1) is 12.8 Å². The van der Waals surface area contributed by atoms with E-state index < -0.39 is 0 Å². The average Bonchev–Trinajstić information content (AvgIpc) is 2.33. The molecule has 0 spiro atoms. The summed E-state index contributed by atoms with van der Waals surface area (Å²) in [6.07, 6.45) is 4.51. The summed E-state index contributed by atoms with van der Waals surface area (Å²) in [4.78, 5) is 16.5. The first-order valence-electron chi connectivity index (χ1n) is 6.75. The topological polar surface area (TPSA) is 42.0 Å². The van der Waals surface area contributed by atoms with E-state index in [4.69, 9.17) is 0 Å². The second kappa shape index (κ2) is 5.09. The van der Waals surface area contributed by atoms with Gasteiger partial charge in [-0.15, -0.1) is 0 Å². The Morgan fingerprint density at radius 2 is 2.06 bits per heavy atom. The van der Waals surface area contributed by atoms with Gasteiger partial charge in [0, 0.05) is 11.2 Å². The molecule has 0 aliphatic heterocycles. The highest BCUT2D eigenvalue weighted by Gasteiger charge is 2.31. The molecule has 0 bridgehead atoms. The molecule has 1 fully saturated rings. The van der Waals surface area contributed by atoms with Gasteiger partial charge in [0.2, 0.25) is 0 Å². The van der Waals surface area contributed by atoms with Gasteiger partial charge in [-0.25, -0.2) is 4.98 Å². The van der Waals surface area contributed by atoms with Gasteiger partial charge in [0.1, 0.15) is 5.69 Å². The largest absolute Gasteiger partial charge is 0.346 e. The molecule has 98 valence electrons. The molecule has 1 aromatic rings. The Balaban J connectivity index is 2.03. The lowest BCUT2D eigenvalue weighted by molar-refractivity contribution is 0.0864. The van der Waals surface area contributed by atoms with Crippen molar-refractivity contribution in [3.8, 4) is 0 Å². The molecular formula is C15H22N2O. The van der Waals surface area contributed by atoms with E-state index in [1.165, 1.54) is 12.8 Å². The number of nitrogens with one attached hydrogen (secondary N) is 1. The molecule has 3 heteroatoms. The van der Waals surface area contributed by atoms with E-state index in [2.05, 4.69) is 24.1 Å². The van der Waals surface area contributed by atoms with Crippen molar-refractivity contribution in [2.75, 3.05) is 0 Å². The zero-order valence-electron chi connectivity index (χ0n) is 11.5. The van der Waals surface area contributed by atoms with Crippen molar-refractivity contribution in [1.29, 1.82) is 0 Å². The van der Waals surface area contributed by atoms with E-state index in [1.807, 2.05) is 19.1 Å². The molecule has 1 aliphatic rings. The summed E-state index contributed by atoms with van der Waals surface area (Å²) in [5.41, 5.74) is 1.34. The number of carbonyl (C=O) groups is 1. The highest BCUT2D eigenvalue weighted by molar-refractivity contribution is 5.92. The third-order valence-corrected chi connectivity index (χ3v) is 3.91. The molecule has 1 N–H and O–H groups in total. The molecule has 1 aromatic heterocycles. The normalized spacial score (nSPS) is 27.8. The Morgan fingerprint density at radius 3 is 2.67 bits per heavy atom. The maximum absolute atomic E-state index is 12.2. The molecule has 0 unspecified atom stereocenters. The second-order valence-corrected chi connectivity index (χ2v) is 5.86. The van der Waals surface area contributed by atoms with Crippen LogP contribution in [0.15, 0.2) is 18.2 Å². The van der Waals surface area contributed by atoms with E-state index in [0.717, 1.165) is 24.5 Å². The van der Waals surface area contributed by atoms with Crippen molar-refractivity contribution in [3.63, 3.8) is 0 Å². The molecule has 0 aromatic carbocycles. The van der Waals surface area contributed by atoms with Gasteiger partial charge >= 0.3 is 0 Å². The number of nitrogens with zero attached hydrogens (tertiary/aromatic N) is 1. The highest BCUT2D eigenvalue weighted by Crippen LogP contribution is 2.31. The fourth-order valence-electron chi connectivity index (χ4n) is 2.53. The Hall–Kier alpha value is -1.38. The zero-order valence-corrected chi connectivity index (χ0v) is 11.5. The molecule has 3 nitrogen and oxygen atoms in total. The van der Waals surface area contributed by atoms with Crippen molar-refractivity contribution in [2.24, 2.45) is 5.92 Å². The summed E-state index contributed by atoms with van der Waals surface area (Å²) < 4.78 is 0. The zero-order chi connectivity index (χ0) is 13.2. The van der Waals surface area contributed by atoms with Gasteiger partial charge in [0.05, 0.1) is 0 Å². The number of rotatable bonds is 2. The maximum atomic E-state index is 12.2. The molecule has 0 radical (unpaired) electrons. The third-order valence-electron chi connectivity index (χ3n) is 3.91. The summed E-state index contributed by atoms with van der Waals surface area (Å²) in [6.45, 7) is 6.33. The molecule has 1 heterocycles. The van der Waals surface area contributed by atoms with Crippen LogP contribution in [0.1, 0.15) is 55.7 Å². The summed E-state index contributed by atoms with van der Waals surface area (Å²) in [7, 11) is 0. The van der Waals surface area contributed by atoms with Crippen LogP contribution < -0.4 is 5.32 Å². The van der Waals surface area contributed by atoms with Crippen LogP contribution in [-0.2, 0) is 0 Å². The molecule has 0 atom stereocenters. The van der Waals surface area contributed by atoms with E-state index in [-0.39, 0.29) is 11.4 Å². The van der Waals surface area contributed by atoms with Gasteiger partial charge in [0.15, 0.2) is 0 Å². The van der Waals surface area contributed by atoms with Gasteiger partial charge in [-0.05, 0) is 57.6 Å². The number of aryl methyl sites for hydroxylation is 1. The predicted molar refractivity (Wildman–Crippen MR) is 72.5 cm³/mol. The smallest absolute Gasteiger partial charge is 0.270 e. The molecule has 1 aliphatic carbocycles. The fraction of sp³-hybridized carbons (Fsp3) is 0.600. The van der Waals surface area contributed by atoms with Gasteiger partial charge in [-0.1, -0.05) is 13.0 Å². The monoisotopic (exact) mass is 246 g/mol. The highest BCUT2D eigenvalue weighted by atomic mass is 16.2. The van der Waals surface area contributed by atoms with E-state index >= 15 is 0 Å². The minimum Gasteiger partial charge on any atom is -0.346 e. The summed E-state index contributed by atoms with van der Waals surface area (Å²) >= 11 is 0. The van der Waals surface area contributed by atoms with Crippen molar-refractivity contribution in [1.82, 2.24) is 10.3 Å². The van der Waals surface area contributed by atoms with E-state index in [9.17, 15) is 4.79 Å². The number of hydrogen-bond acceptors (Lipinski definition) is 2. The summed E-state index contributed by atoms with van der Waals surface area (Å²) in [5, 5.41) is 3.16. The first-order chi connectivity index (χ1) is 8.48. The van der Waals surface area contributed by atoms with Crippen molar-refractivity contribution >= 4 is 5.91 Å². The van der Waals surface area contributed by atoms with Crippen molar-refractivity contribution in [3.05, 3.63) is 29.6 Å². The Bertz CT molecular complexity index is 434. The SMILES string of the molecule is Cc1cccc(C(=O)NC2(C)CCC(C)CC2)n1. The number of aromatic nitrogens is 1. The van der Waals surface area contributed by atoms with Crippen LogP contribution in [0.3, 0.4) is 0 Å². The minimum atomic E-state index is -0.0605. The Morgan fingerprint density at radius 1 is 1.39 bits per heavy atom. The quantitative estimate of drug-likeness (QED) is 0.871. The third kappa shape index (κ3) is 3.09. The lowest BCUT2D eigenvalue weighted by Gasteiger charge is -2.37. The van der Waals surface area contributed by atoms with Crippen LogP contribution in [-0.4, -0.2) is 16.4 Å². The van der Waals surface area contributed by atoms with Gasteiger partial charge in [-0.3, -0.25) is 4.79 Å². The van der Waals surface area contributed by atoms with Crippen molar-refractivity contribution < 1.29 is 4.79 Å². The maximum Gasteiger partial charge on any atom is 0.270 e. The first kappa shape index (κ1) is 13.1. The molecule has 0 saturated heterocycles.